The number of carbonyl (C=O) groups is 1. The molecule has 0 fully saturated rings. The molecule has 2 N–H and O–H groups in total. The second kappa shape index (κ2) is 5.09. The summed E-state index contributed by atoms with van der Waals surface area (Å²) in [6.07, 6.45) is 4.32. The number of aromatic amines is 1. The standard InChI is InChI=1S/C13H15N5OS/c1-8(5-10-6-9(2)16-17-10)14-12(19)11-7-18-3-4-20-13(18)15-11/h3-4,6-8H,5H2,1-2H3,(H,14,19)(H,16,17)/t8-/m0/s1. The third-order valence-electron chi connectivity index (χ3n) is 2.98. The zero-order valence-electron chi connectivity index (χ0n) is 11.3. The Bertz CT molecular complexity index is 712. The Hall–Kier alpha value is -2.15. The van der Waals surface area contributed by atoms with E-state index in [1.54, 1.807) is 6.20 Å². The minimum atomic E-state index is -0.152. The van der Waals surface area contributed by atoms with Crippen molar-refractivity contribution in [2.45, 2.75) is 26.3 Å². The number of thiazole rings is 1. The van der Waals surface area contributed by atoms with Gasteiger partial charge < -0.3 is 5.32 Å². The summed E-state index contributed by atoms with van der Waals surface area (Å²) >= 11 is 1.51. The van der Waals surface area contributed by atoms with Crippen molar-refractivity contribution < 1.29 is 4.79 Å². The van der Waals surface area contributed by atoms with E-state index in [4.69, 9.17) is 0 Å². The number of carbonyl (C=O) groups excluding carboxylic acids is 1. The molecule has 0 saturated carbocycles. The van der Waals surface area contributed by atoms with Crippen LogP contribution in [-0.2, 0) is 6.42 Å². The molecule has 0 bridgehead atoms. The summed E-state index contributed by atoms with van der Waals surface area (Å²) in [7, 11) is 0. The van der Waals surface area contributed by atoms with Crippen LogP contribution in [0.1, 0.15) is 28.8 Å². The number of nitrogens with zero attached hydrogens (tertiary/aromatic N) is 3. The molecule has 0 aliphatic carbocycles. The first kappa shape index (κ1) is 12.9. The van der Waals surface area contributed by atoms with Gasteiger partial charge in [0.1, 0.15) is 5.69 Å². The molecule has 0 spiro atoms. The summed E-state index contributed by atoms with van der Waals surface area (Å²) in [5.41, 5.74) is 2.41. The molecule has 1 atom stereocenters. The number of aryl methyl sites for hydroxylation is 1. The Kier molecular flexibility index (Phi) is 3.27. The van der Waals surface area contributed by atoms with Crippen molar-refractivity contribution in [2.75, 3.05) is 0 Å². The van der Waals surface area contributed by atoms with Crippen LogP contribution in [0.5, 0.6) is 0 Å². The maximum atomic E-state index is 12.1. The topological polar surface area (TPSA) is 75.1 Å². The minimum Gasteiger partial charge on any atom is -0.348 e. The molecule has 20 heavy (non-hydrogen) atoms. The van der Waals surface area contributed by atoms with E-state index in [1.807, 2.05) is 35.9 Å². The largest absolute Gasteiger partial charge is 0.348 e. The number of H-pyrrole nitrogens is 1. The van der Waals surface area contributed by atoms with Gasteiger partial charge in [-0.1, -0.05) is 0 Å². The lowest BCUT2D eigenvalue weighted by Gasteiger charge is -2.11. The molecule has 3 aromatic rings. The summed E-state index contributed by atoms with van der Waals surface area (Å²) < 4.78 is 1.85. The van der Waals surface area contributed by atoms with Crippen LogP contribution >= 0.6 is 11.3 Å². The molecule has 3 aromatic heterocycles. The molecule has 0 radical (unpaired) electrons. The van der Waals surface area contributed by atoms with Gasteiger partial charge in [0.25, 0.3) is 5.91 Å². The molecule has 7 heteroatoms. The summed E-state index contributed by atoms with van der Waals surface area (Å²) in [4.78, 5) is 17.2. The fourth-order valence-electron chi connectivity index (χ4n) is 2.08. The van der Waals surface area contributed by atoms with E-state index < -0.39 is 0 Å². The van der Waals surface area contributed by atoms with Crippen LogP contribution in [0.15, 0.2) is 23.8 Å². The third kappa shape index (κ3) is 2.57. The second-order valence-corrected chi connectivity index (χ2v) is 5.71. The van der Waals surface area contributed by atoms with Gasteiger partial charge in [0.15, 0.2) is 4.96 Å². The predicted octanol–water partition coefficient (Wildman–Crippen LogP) is 1.79. The zero-order chi connectivity index (χ0) is 14.1. The molecule has 1 amide bonds. The lowest BCUT2D eigenvalue weighted by Crippen LogP contribution is -2.34. The maximum absolute atomic E-state index is 12.1. The first-order chi connectivity index (χ1) is 9.61. The van der Waals surface area contributed by atoms with Crippen LogP contribution in [0.2, 0.25) is 0 Å². The molecule has 6 nitrogen and oxygen atoms in total. The maximum Gasteiger partial charge on any atom is 0.271 e. The predicted molar refractivity (Wildman–Crippen MR) is 77.0 cm³/mol. The average molecular weight is 289 g/mol. The van der Waals surface area contributed by atoms with Gasteiger partial charge in [-0.15, -0.1) is 11.3 Å². The Morgan fingerprint density at radius 1 is 1.60 bits per heavy atom. The van der Waals surface area contributed by atoms with Crippen molar-refractivity contribution in [1.82, 2.24) is 24.9 Å². The van der Waals surface area contributed by atoms with E-state index in [0.29, 0.717) is 12.1 Å². The number of amides is 1. The molecule has 104 valence electrons. The van der Waals surface area contributed by atoms with Gasteiger partial charge in [-0.3, -0.25) is 14.3 Å². The van der Waals surface area contributed by atoms with Crippen molar-refractivity contribution in [3.63, 3.8) is 0 Å². The van der Waals surface area contributed by atoms with Crippen molar-refractivity contribution in [1.29, 1.82) is 0 Å². The highest BCUT2D eigenvalue weighted by atomic mass is 32.1. The minimum absolute atomic E-state index is 0.00457. The zero-order valence-corrected chi connectivity index (χ0v) is 12.1. The van der Waals surface area contributed by atoms with Crippen molar-refractivity contribution in [3.05, 3.63) is 40.9 Å². The molecule has 0 aliphatic rings. The van der Waals surface area contributed by atoms with Gasteiger partial charge in [-0.2, -0.15) is 5.10 Å². The van der Waals surface area contributed by atoms with E-state index >= 15 is 0 Å². The number of nitrogens with one attached hydrogen (secondary N) is 2. The molecule has 0 aliphatic heterocycles. The fourth-order valence-corrected chi connectivity index (χ4v) is 2.78. The van der Waals surface area contributed by atoms with Gasteiger partial charge in [-0.25, -0.2) is 4.98 Å². The molecule has 0 saturated heterocycles. The van der Waals surface area contributed by atoms with Gasteiger partial charge in [0.05, 0.1) is 5.69 Å². The number of hydrogen-bond acceptors (Lipinski definition) is 4. The number of hydrogen-bond donors (Lipinski definition) is 2. The van der Waals surface area contributed by atoms with Crippen LogP contribution in [0.25, 0.3) is 4.96 Å². The second-order valence-electron chi connectivity index (χ2n) is 4.84. The Morgan fingerprint density at radius 2 is 2.45 bits per heavy atom. The van der Waals surface area contributed by atoms with E-state index in [0.717, 1.165) is 16.3 Å². The molecule has 0 unspecified atom stereocenters. The van der Waals surface area contributed by atoms with Gasteiger partial charge >= 0.3 is 0 Å². The molecule has 0 aromatic carbocycles. The smallest absolute Gasteiger partial charge is 0.271 e. The fraction of sp³-hybridized carbons (Fsp3) is 0.308. The Morgan fingerprint density at radius 3 is 3.15 bits per heavy atom. The first-order valence-corrected chi connectivity index (χ1v) is 7.24. The number of fused-ring (bicyclic) bond motifs is 1. The highest BCUT2D eigenvalue weighted by molar-refractivity contribution is 7.15. The summed E-state index contributed by atoms with van der Waals surface area (Å²) in [5, 5.41) is 11.9. The Balaban J connectivity index is 1.64. The summed E-state index contributed by atoms with van der Waals surface area (Å²) in [6, 6.07) is 1.99. The summed E-state index contributed by atoms with van der Waals surface area (Å²) in [6.45, 7) is 3.91. The molecule has 3 rings (SSSR count). The monoisotopic (exact) mass is 289 g/mol. The summed E-state index contributed by atoms with van der Waals surface area (Å²) in [5.74, 6) is -0.152. The van der Waals surface area contributed by atoms with Crippen molar-refractivity contribution >= 4 is 22.2 Å². The molecular weight excluding hydrogens is 274 g/mol. The highest BCUT2D eigenvalue weighted by Crippen LogP contribution is 2.11. The van der Waals surface area contributed by atoms with Crippen molar-refractivity contribution in [2.24, 2.45) is 0 Å². The third-order valence-corrected chi connectivity index (χ3v) is 3.75. The van der Waals surface area contributed by atoms with Gasteiger partial charge in [0, 0.05) is 35.9 Å². The average Bonchev–Trinajstić information content (AvgIpc) is 3.03. The van der Waals surface area contributed by atoms with E-state index in [9.17, 15) is 4.79 Å². The van der Waals surface area contributed by atoms with Crippen LogP contribution in [0, 0.1) is 6.92 Å². The van der Waals surface area contributed by atoms with E-state index in [1.165, 1.54) is 11.3 Å². The van der Waals surface area contributed by atoms with Crippen LogP contribution in [0.4, 0.5) is 0 Å². The number of rotatable bonds is 4. The van der Waals surface area contributed by atoms with Gasteiger partial charge in [-0.05, 0) is 19.9 Å². The number of imidazole rings is 1. The van der Waals surface area contributed by atoms with Crippen molar-refractivity contribution in [3.8, 4) is 0 Å². The number of aromatic nitrogens is 4. The lowest BCUT2D eigenvalue weighted by atomic mass is 10.1. The van der Waals surface area contributed by atoms with Gasteiger partial charge in [0.2, 0.25) is 0 Å². The quantitative estimate of drug-likeness (QED) is 0.769. The molecular formula is C13H15N5OS. The highest BCUT2D eigenvalue weighted by Gasteiger charge is 2.15. The van der Waals surface area contributed by atoms with Crippen LogP contribution < -0.4 is 5.32 Å². The SMILES string of the molecule is Cc1cc(C[C@H](C)NC(=O)c2cn3ccsc3n2)n[nH]1. The van der Waals surface area contributed by atoms with Crippen LogP contribution in [-0.4, -0.2) is 31.5 Å². The Labute approximate surface area is 119 Å². The first-order valence-electron chi connectivity index (χ1n) is 6.36. The van der Waals surface area contributed by atoms with E-state index in [2.05, 4.69) is 20.5 Å². The lowest BCUT2D eigenvalue weighted by molar-refractivity contribution is 0.0935. The van der Waals surface area contributed by atoms with Crippen LogP contribution in [0.3, 0.4) is 0 Å². The van der Waals surface area contributed by atoms with E-state index in [-0.39, 0.29) is 11.9 Å². The molecule has 3 heterocycles. The normalized spacial score (nSPS) is 12.7.